The molecule has 66 valence electrons. The van der Waals surface area contributed by atoms with Gasteiger partial charge in [0.15, 0.2) is 0 Å². The van der Waals surface area contributed by atoms with E-state index in [1.165, 1.54) is 7.11 Å². The molecule has 1 aromatic rings. The minimum Gasteiger partial charge on any atom is -0.469 e. The predicted octanol–water partition coefficient (Wildman–Crippen LogP) is -0.273. The molecule has 0 fully saturated rings. The standard InChI is InChI=1S/C7H10N2O3/c1-4-5(3-6(10)12-2)7(11)9-8-4/h3H2,1-2H3,(H2,8,9,11). The van der Waals surface area contributed by atoms with Gasteiger partial charge < -0.3 is 9.84 Å². The third kappa shape index (κ3) is 1.55. The SMILES string of the molecule is COC(=O)Cc1c(C)[nH][nH]c1=O. The van der Waals surface area contributed by atoms with E-state index < -0.39 is 5.97 Å². The molecule has 0 amide bonds. The second kappa shape index (κ2) is 3.25. The number of aryl methyl sites for hydroxylation is 1. The van der Waals surface area contributed by atoms with E-state index in [1.54, 1.807) is 6.92 Å². The summed E-state index contributed by atoms with van der Waals surface area (Å²) in [6.45, 7) is 1.72. The van der Waals surface area contributed by atoms with Crippen molar-refractivity contribution in [3.05, 3.63) is 21.6 Å². The summed E-state index contributed by atoms with van der Waals surface area (Å²) in [4.78, 5) is 21.8. The lowest BCUT2D eigenvalue weighted by Gasteiger charge is -1.95. The van der Waals surface area contributed by atoms with Crippen molar-refractivity contribution < 1.29 is 9.53 Å². The van der Waals surface area contributed by atoms with Gasteiger partial charge in [-0.15, -0.1) is 0 Å². The highest BCUT2D eigenvalue weighted by Gasteiger charge is 2.10. The van der Waals surface area contributed by atoms with Gasteiger partial charge in [0.1, 0.15) is 0 Å². The first-order valence-electron chi connectivity index (χ1n) is 3.48. The summed E-state index contributed by atoms with van der Waals surface area (Å²) in [5, 5.41) is 5.00. The maximum atomic E-state index is 11.0. The number of hydrogen-bond acceptors (Lipinski definition) is 3. The number of esters is 1. The fraction of sp³-hybridized carbons (Fsp3) is 0.429. The van der Waals surface area contributed by atoms with Crippen molar-refractivity contribution in [1.82, 2.24) is 10.2 Å². The molecule has 0 radical (unpaired) electrons. The van der Waals surface area contributed by atoms with Gasteiger partial charge in [-0.05, 0) is 6.92 Å². The summed E-state index contributed by atoms with van der Waals surface area (Å²) in [5.41, 5.74) is 0.838. The van der Waals surface area contributed by atoms with E-state index in [-0.39, 0.29) is 12.0 Å². The monoisotopic (exact) mass is 170 g/mol. The lowest BCUT2D eigenvalue weighted by atomic mass is 10.2. The molecular formula is C7H10N2O3. The fourth-order valence-corrected chi connectivity index (χ4v) is 0.901. The van der Waals surface area contributed by atoms with Crippen LogP contribution in [0.15, 0.2) is 4.79 Å². The maximum absolute atomic E-state index is 11.0. The molecule has 0 aliphatic heterocycles. The van der Waals surface area contributed by atoms with Crippen LogP contribution in [-0.4, -0.2) is 23.3 Å². The highest BCUT2D eigenvalue weighted by atomic mass is 16.5. The van der Waals surface area contributed by atoms with Gasteiger partial charge >= 0.3 is 5.97 Å². The van der Waals surface area contributed by atoms with Crippen LogP contribution in [0.2, 0.25) is 0 Å². The topological polar surface area (TPSA) is 75.0 Å². The van der Waals surface area contributed by atoms with Crippen molar-refractivity contribution in [2.45, 2.75) is 13.3 Å². The number of aromatic amines is 2. The van der Waals surface area contributed by atoms with Crippen LogP contribution in [0.3, 0.4) is 0 Å². The molecule has 0 saturated heterocycles. The predicted molar refractivity (Wildman–Crippen MR) is 41.9 cm³/mol. The summed E-state index contributed by atoms with van der Waals surface area (Å²) in [5.74, 6) is -0.414. The van der Waals surface area contributed by atoms with E-state index >= 15 is 0 Å². The zero-order valence-corrected chi connectivity index (χ0v) is 6.93. The van der Waals surface area contributed by atoms with E-state index in [0.29, 0.717) is 11.3 Å². The van der Waals surface area contributed by atoms with Crippen LogP contribution in [0.25, 0.3) is 0 Å². The molecule has 0 aromatic carbocycles. The van der Waals surface area contributed by atoms with Gasteiger partial charge in [-0.1, -0.05) is 0 Å². The Labute approximate surface area is 68.7 Å². The second-order valence-electron chi connectivity index (χ2n) is 2.44. The Balaban J connectivity index is 2.88. The lowest BCUT2D eigenvalue weighted by Crippen LogP contribution is -2.13. The molecule has 0 saturated carbocycles. The quantitative estimate of drug-likeness (QED) is 0.600. The fourth-order valence-electron chi connectivity index (χ4n) is 0.901. The van der Waals surface area contributed by atoms with Crippen LogP contribution in [0.4, 0.5) is 0 Å². The van der Waals surface area contributed by atoms with Gasteiger partial charge in [0.25, 0.3) is 5.56 Å². The third-order valence-electron chi connectivity index (χ3n) is 1.64. The molecule has 2 N–H and O–H groups in total. The highest BCUT2D eigenvalue weighted by Crippen LogP contribution is 1.98. The largest absolute Gasteiger partial charge is 0.469 e. The Morgan fingerprint density at radius 1 is 1.50 bits per heavy atom. The van der Waals surface area contributed by atoms with Crippen LogP contribution < -0.4 is 5.56 Å². The normalized spacial score (nSPS) is 9.83. The van der Waals surface area contributed by atoms with Crippen LogP contribution in [0, 0.1) is 6.92 Å². The Morgan fingerprint density at radius 2 is 2.17 bits per heavy atom. The number of carbonyl (C=O) groups excluding carboxylic acids is 1. The summed E-state index contributed by atoms with van der Waals surface area (Å²) in [6, 6.07) is 0. The molecule has 1 rings (SSSR count). The third-order valence-corrected chi connectivity index (χ3v) is 1.64. The average molecular weight is 170 g/mol. The Morgan fingerprint density at radius 3 is 2.58 bits per heavy atom. The molecule has 1 heterocycles. The molecule has 0 spiro atoms. The van der Waals surface area contributed by atoms with Crippen molar-refractivity contribution in [2.75, 3.05) is 7.11 Å². The number of methoxy groups -OCH3 is 1. The Kier molecular flexibility index (Phi) is 2.32. The van der Waals surface area contributed by atoms with Crippen LogP contribution in [0.1, 0.15) is 11.3 Å². The van der Waals surface area contributed by atoms with E-state index in [4.69, 9.17) is 0 Å². The Hall–Kier alpha value is -1.52. The number of carbonyl (C=O) groups is 1. The van der Waals surface area contributed by atoms with Gasteiger partial charge in [0.05, 0.1) is 19.1 Å². The molecule has 0 aliphatic rings. The first-order chi connectivity index (χ1) is 5.65. The van der Waals surface area contributed by atoms with Gasteiger partial charge in [-0.2, -0.15) is 0 Å². The van der Waals surface area contributed by atoms with Crippen molar-refractivity contribution in [3.8, 4) is 0 Å². The van der Waals surface area contributed by atoms with E-state index in [2.05, 4.69) is 14.9 Å². The summed E-state index contributed by atoms with van der Waals surface area (Å²) in [7, 11) is 1.29. The molecule has 0 bridgehead atoms. The van der Waals surface area contributed by atoms with Gasteiger partial charge in [-0.25, -0.2) is 0 Å². The van der Waals surface area contributed by atoms with Crippen LogP contribution in [-0.2, 0) is 16.0 Å². The molecule has 5 heteroatoms. The van der Waals surface area contributed by atoms with Crippen molar-refractivity contribution >= 4 is 5.97 Å². The molecule has 0 aliphatic carbocycles. The van der Waals surface area contributed by atoms with E-state index in [0.717, 1.165) is 0 Å². The summed E-state index contributed by atoms with van der Waals surface area (Å²) in [6.07, 6.45) is 0.0150. The second-order valence-corrected chi connectivity index (χ2v) is 2.44. The van der Waals surface area contributed by atoms with Gasteiger partial charge in [0, 0.05) is 5.69 Å². The summed E-state index contributed by atoms with van der Waals surface area (Å²) >= 11 is 0. The first-order valence-corrected chi connectivity index (χ1v) is 3.48. The lowest BCUT2D eigenvalue weighted by molar-refractivity contribution is -0.139. The number of aromatic nitrogens is 2. The minimum absolute atomic E-state index is 0.0150. The zero-order chi connectivity index (χ0) is 9.14. The van der Waals surface area contributed by atoms with E-state index in [1.807, 2.05) is 0 Å². The number of hydrogen-bond donors (Lipinski definition) is 2. The molecule has 0 unspecified atom stereocenters. The van der Waals surface area contributed by atoms with E-state index in [9.17, 15) is 9.59 Å². The molecular weight excluding hydrogens is 160 g/mol. The number of rotatable bonds is 2. The first kappa shape index (κ1) is 8.58. The maximum Gasteiger partial charge on any atom is 0.310 e. The number of nitrogens with one attached hydrogen (secondary N) is 2. The van der Waals surface area contributed by atoms with Gasteiger partial charge in [0.2, 0.25) is 0 Å². The van der Waals surface area contributed by atoms with Crippen molar-refractivity contribution in [2.24, 2.45) is 0 Å². The molecule has 5 nitrogen and oxygen atoms in total. The summed E-state index contributed by atoms with van der Waals surface area (Å²) < 4.78 is 4.43. The molecule has 12 heavy (non-hydrogen) atoms. The van der Waals surface area contributed by atoms with Gasteiger partial charge in [-0.3, -0.25) is 14.7 Å². The van der Waals surface area contributed by atoms with Crippen LogP contribution >= 0.6 is 0 Å². The van der Waals surface area contributed by atoms with Crippen molar-refractivity contribution in [3.63, 3.8) is 0 Å². The molecule has 1 aromatic heterocycles. The Bertz CT molecular complexity index is 337. The van der Waals surface area contributed by atoms with Crippen molar-refractivity contribution in [1.29, 1.82) is 0 Å². The van der Waals surface area contributed by atoms with Crippen LogP contribution in [0.5, 0.6) is 0 Å². The smallest absolute Gasteiger partial charge is 0.310 e. The molecule has 0 atom stereocenters. The number of ether oxygens (including phenoxy) is 1. The average Bonchev–Trinajstić information content (AvgIpc) is 2.35. The number of H-pyrrole nitrogens is 2. The zero-order valence-electron chi connectivity index (χ0n) is 6.93. The minimum atomic E-state index is -0.414. The highest BCUT2D eigenvalue weighted by molar-refractivity contribution is 5.72.